The van der Waals surface area contributed by atoms with E-state index in [4.69, 9.17) is 9.72 Å². The van der Waals surface area contributed by atoms with Gasteiger partial charge in [-0.2, -0.15) is 13.2 Å². The third-order valence-electron chi connectivity index (χ3n) is 7.08. The Balaban J connectivity index is 1.38. The van der Waals surface area contributed by atoms with Crippen molar-refractivity contribution in [3.05, 3.63) is 132 Å². The van der Waals surface area contributed by atoms with Crippen LogP contribution in [0, 0.1) is 0 Å². The van der Waals surface area contributed by atoms with Crippen LogP contribution in [-0.2, 0) is 17.5 Å². The maximum absolute atomic E-state index is 13.7. The predicted octanol–water partition coefficient (Wildman–Crippen LogP) is 8.40. The van der Waals surface area contributed by atoms with Crippen LogP contribution in [0.15, 0.2) is 116 Å². The number of alkyl halides is 3. The Morgan fingerprint density at radius 2 is 1.67 bits per heavy atom. The lowest BCUT2D eigenvalue weighted by molar-refractivity contribution is -0.137. The van der Waals surface area contributed by atoms with Crippen molar-refractivity contribution >= 4 is 23.4 Å². The van der Waals surface area contributed by atoms with Gasteiger partial charge in [0.1, 0.15) is 12.3 Å². The molecule has 0 bridgehead atoms. The molecule has 3 aromatic carbocycles. The Labute approximate surface area is 256 Å². The van der Waals surface area contributed by atoms with Crippen molar-refractivity contribution in [2.24, 2.45) is 0 Å². The van der Waals surface area contributed by atoms with E-state index in [1.165, 1.54) is 6.07 Å². The van der Waals surface area contributed by atoms with Crippen LogP contribution in [0.25, 0.3) is 28.3 Å². The lowest BCUT2D eigenvalue weighted by atomic mass is 10.0. The number of aromatic nitrogens is 4. The number of hydrogen-bond donors (Lipinski definition) is 2. The van der Waals surface area contributed by atoms with Crippen molar-refractivity contribution in [2.45, 2.75) is 25.7 Å². The Morgan fingerprint density at radius 3 is 2.42 bits per heavy atom. The average Bonchev–Trinajstić information content (AvgIpc) is 3.43. The Bertz CT molecular complexity index is 1950. The highest BCUT2D eigenvalue weighted by Crippen LogP contribution is 2.36. The smallest absolute Gasteiger partial charge is 0.416 e. The second-order valence-electron chi connectivity index (χ2n) is 10.3. The fourth-order valence-corrected chi connectivity index (χ4v) is 4.86. The van der Waals surface area contributed by atoms with E-state index in [0.29, 0.717) is 28.7 Å². The topological polar surface area (TPSA) is 93.4 Å². The van der Waals surface area contributed by atoms with Crippen LogP contribution in [0.4, 0.5) is 29.6 Å². The largest absolute Gasteiger partial charge is 0.444 e. The van der Waals surface area contributed by atoms with E-state index >= 15 is 0 Å². The number of fused-ring (bicyclic) bond motifs is 1. The van der Waals surface area contributed by atoms with E-state index in [2.05, 4.69) is 20.6 Å². The van der Waals surface area contributed by atoms with Gasteiger partial charge in [0.2, 0.25) is 5.95 Å². The molecule has 0 unspecified atom stereocenters. The normalized spacial score (nSPS) is 12.1. The second-order valence-corrected chi connectivity index (χ2v) is 10.3. The summed E-state index contributed by atoms with van der Waals surface area (Å²) in [4.78, 5) is 26.4. The zero-order valence-electron chi connectivity index (χ0n) is 24.0. The Morgan fingerprint density at radius 1 is 0.911 bits per heavy atom. The van der Waals surface area contributed by atoms with Gasteiger partial charge in [0, 0.05) is 18.0 Å². The quantitative estimate of drug-likeness (QED) is 0.180. The summed E-state index contributed by atoms with van der Waals surface area (Å²) in [6.07, 6.45) is -2.01. The monoisotopic (exact) mass is 608 g/mol. The van der Waals surface area contributed by atoms with Crippen molar-refractivity contribution in [3.8, 4) is 22.6 Å². The maximum Gasteiger partial charge on any atom is 0.416 e. The first-order valence-electron chi connectivity index (χ1n) is 14.1. The van der Waals surface area contributed by atoms with E-state index < -0.39 is 17.8 Å². The third kappa shape index (κ3) is 6.77. The van der Waals surface area contributed by atoms with Crippen LogP contribution in [-0.4, -0.2) is 25.4 Å². The Kier molecular flexibility index (Phi) is 8.15. The van der Waals surface area contributed by atoms with Crippen molar-refractivity contribution in [1.29, 1.82) is 0 Å². The standard InChI is InChI=1S/C34H27F3N6O2/c1-22(24-11-6-3-7-12-24)39-32-38-18-17-28(41-32)31-30(25-13-8-14-26(19-25)34(35,36)37)42-29-16-15-27(20-43(29)31)40-33(44)45-21-23-9-4-2-5-10-23/h2-20,22H,21H2,1H3,(H,40,44)(H,38,39,41)/t22-/m1/s1. The summed E-state index contributed by atoms with van der Waals surface area (Å²) < 4.78 is 48.0. The van der Waals surface area contributed by atoms with Crippen LogP contribution >= 0.6 is 0 Å². The number of hydrogen-bond acceptors (Lipinski definition) is 6. The molecule has 3 aromatic heterocycles. The van der Waals surface area contributed by atoms with Crippen molar-refractivity contribution < 1.29 is 22.7 Å². The molecule has 6 rings (SSSR count). The van der Waals surface area contributed by atoms with Crippen LogP contribution < -0.4 is 10.6 Å². The minimum absolute atomic E-state index is 0.0864. The molecule has 1 atom stereocenters. The average molecular weight is 609 g/mol. The van der Waals surface area contributed by atoms with Crippen molar-refractivity contribution in [2.75, 3.05) is 10.6 Å². The number of nitrogens with one attached hydrogen (secondary N) is 2. The van der Waals surface area contributed by atoms with Gasteiger partial charge in [-0.15, -0.1) is 0 Å². The molecule has 11 heteroatoms. The van der Waals surface area contributed by atoms with Crippen LogP contribution in [0.5, 0.6) is 0 Å². The number of nitrogens with zero attached hydrogens (tertiary/aromatic N) is 4. The zero-order chi connectivity index (χ0) is 31.4. The number of carbonyl (C=O) groups is 1. The molecule has 0 saturated heterocycles. The van der Waals surface area contributed by atoms with Crippen molar-refractivity contribution in [1.82, 2.24) is 19.4 Å². The highest BCUT2D eigenvalue weighted by molar-refractivity contribution is 5.86. The molecule has 3 heterocycles. The van der Waals surface area contributed by atoms with E-state index in [1.54, 1.807) is 41.1 Å². The van der Waals surface area contributed by atoms with Gasteiger partial charge in [0.05, 0.1) is 34.4 Å². The first-order valence-corrected chi connectivity index (χ1v) is 14.1. The number of pyridine rings is 1. The second kappa shape index (κ2) is 12.5. The van der Waals surface area contributed by atoms with Gasteiger partial charge in [-0.1, -0.05) is 72.8 Å². The minimum atomic E-state index is -4.54. The molecule has 0 aliphatic carbocycles. The summed E-state index contributed by atoms with van der Waals surface area (Å²) in [6, 6.07) is 28.9. The molecular weight excluding hydrogens is 581 g/mol. The van der Waals surface area contributed by atoms with E-state index in [1.807, 2.05) is 67.6 Å². The first kappa shape index (κ1) is 29.4. The zero-order valence-corrected chi connectivity index (χ0v) is 24.0. The third-order valence-corrected chi connectivity index (χ3v) is 7.08. The molecule has 0 saturated carbocycles. The van der Waals surface area contributed by atoms with E-state index in [0.717, 1.165) is 23.3 Å². The molecular formula is C34H27F3N6O2. The number of carbonyl (C=O) groups excluding carboxylic acids is 1. The van der Waals surface area contributed by atoms with Crippen LogP contribution in [0.1, 0.15) is 29.7 Å². The fourth-order valence-electron chi connectivity index (χ4n) is 4.86. The summed E-state index contributed by atoms with van der Waals surface area (Å²) in [7, 11) is 0. The van der Waals surface area contributed by atoms with Crippen LogP contribution in [0.3, 0.4) is 0 Å². The number of imidazole rings is 1. The fraction of sp³-hybridized carbons (Fsp3) is 0.118. The number of halogens is 3. The summed E-state index contributed by atoms with van der Waals surface area (Å²) in [5.41, 5.74) is 3.26. The van der Waals surface area contributed by atoms with Gasteiger partial charge >= 0.3 is 12.3 Å². The van der Waals surface area contributed by atoms with Gasteiger partial charge in [0.25, 0.3) is 0 Å². The molecule has 1 amide bonds. The molecule has 0 aliphatic rings. The molecule has 0 radical (unpaired) electrons. The first-order chi connectivity index (χ1) is 21.7. The van der Waals surface area contributed by atoms with E-state index in [-0.39, 0.29) is 23.9 Å². The molecule has 0 aliphatic heterocycles. The van der Waals surface area contributed by atoms with E-state index in [9.17, 15) is 18.0 Å². The highest BCUT2D eigenvalue weighted by atomic mass is 19.4. The highest BCUT2D eigenvalue weighted by Gasteiger charge is 2.31. The minimum Gasteiger partial charge on any atom is -0.444 e. The number of ether oxygens (including phenoxy) is 1. The number of benzene rings is 3. The van der Waals surface area contributed by atoms with Gasteiger partial charge in [0.15, 0.2) is 0 Å². The lowest BCUT2D eigenvalue weighted by Crippen LogP contribution is -2.14. The van der Waals surface area contributed by atoms with Crippen LogP contribution in [0.2, 0.25) is 0 Å². The van der Waals surface area contributed by atoms with Gasteiger partial charge in [-0.3, -0.25) is 9.72 Å². The maximum atomic E-state index is 13.7. The molecule has 6 aromatic rings. The molecule has 8 nitrogen and oxygen atoms in total. The van der Waals surface area contributed by atoms with Gasteiger partial charge in [-0.25, -0.2) is 19.7 Å². The Hall–Kier alpha value is -5.71. The molecule has 0 spiro atoms. The van der Waals surface area contributed by atoms with Gasteiger partial charge in [-0.05, 0) is 48.4 Å². The summed E-state index contributed by atoms with van der Waals surface area (Å²) in [6.45, 7) is 2.06. The summed E-state index contributed by atoms with van der Waals surface area (Å²) in [5.74, 6) is 0.326. The number of amides is 1. The number of rotatable bonds is 8. The number of anilines is 2. The predicted molar refractivity (Wildman–Crippen MR) is 165 cm³/mol. The van der Waals surface area contributed by atoms with Gasteiger partial charge < -0.3 is 10.1 Å². The molecule has 2 N–H and O–H groups in total. The molecule has 226 valence electrons. The summed E-state index contributed by atoms with van der Waals surface area (Å²) >= 11 is 0. The lowest BCUT2D eigenvalue weighted by Gasteiger charge is -2.15. The molecule has 0 fully saturated rings. The van der Waals surface area contributed by atoms with Crippen molar-refractivity contribution in [3.63, 3.8) is 0 Å². The summed E-state index contributed by atoms with van der Waals surface area (Å²) in [5, 5.41) is 6.00. The SMILES string of the molecule is C[C@@H](Nc1nccc(-c2c(-c3cccc(C(F)(F)F)c3)nc3ccc(NC(=O)OCc4ccccc4)cn23)n1)c1ccccc1. The molecule has 45 heavy (non-hydrogen) atoms.